The number of esters is 1. The Balaban J connectivity index is 1.97. The summed E-state index contributed by atoms with van der Waals surface area (Å²) in [7, 11) is 1.27. The number of halogens is 3. The fourth-order valence-electron chi connectivity index (χ4n) is 2.38. The van der Waals surface area contributed by atoms with Gasteiger partial charge in [-0.05, 0) is 35.9 Å². The Bertz CT molecular complexity index is 947. The van der Waals surface area contributed by atoms with Crippen LogP contribution in [0.2, 0.25) is 15.1 Å². The summed E-state index contributed by atoms with van der Waals surface area (Å²) in [4.78, 5) is 11.5. The van der Waals surface area contributed by atoms with Crippen molar-refractivity contribution in [2.75, 3.05) is 7.11 Å². The second-order valence-electron chi connectivity index (χ2n) is 5.46. The van der Waals surface area contributed by atoms with E-state index in [2.05, 4.69) is 14.9 Å². The Hall–Kier alpha value is -2.34. The highest BCUT2D eigenvalue weighted by Gasteiger charge is 2.21. The number of nitrogens with zero attached hydrogens (tertiary/aromatic N) is 2. The average molecular weight is 424 g/mol. The predicted molar refractivity (Wildman–Crippen MR) is 104 cm³/mol. The number of carbonyl (C=O) groups excluding carboxylic acids is 1. The van der Waals surface area contributed by atoms with Crippen LogP contribution in [-0.4, -0.2) is 23.3 Å². The molecule has 0 N–H and O–H groups in total. The van der Waals surface area contributed by atoms with E-state index in [9.17, 15) is 4.79 Å². The molecule has 8 heteroatoms. The maximum atomic E-state index is 11.5. The second kappa shape index (κ2) is 8.57. The van der Waals surface area contributed by atoms with Gasteiger partial charge in [0.25, 0.3) is 0 Å². The molecule has 1 unspecified atom stereocenters. The monoisotopic (exact) mass is 422 g/mol. The first-order valence-electron chi connectivity index (χ1n) is 7.77. The molecule has 3 rings (SSSR count). The lowest BCUT2D eigenvalue weighted by Gasteiger charge is -2.20. The molecule has 0 spiro atoms. The molecule has 5 nitrogen and oxygen atoms in total. The minimum Gasteiger partial charge on any atom is -0.464 e. The van der Waals surface area contributed by atoms with Crippen LogP contribution in [-0.2, 0) is 4.74 Å². The zero-order chi connectivity index (χ0) is 19.4. The number of benzene rings is 2. The number of methoxy groups -OCH3 is 1. The molecule has 0 bridgehead atoms. The van der Waals surface area contributed by atoms with E-state index in [1.807, 2.05) is 12.1 Å². The molecule has 1 atom stereocenters. The van der Waals surface area contributed by atoms with Crippen molar-refractivity contribution in [3.63, 3.8) is 0 Å². The molecular formula is C19H13Cl3N2O3. The van der Waals surface area contributed by atoms with E-state index < -0.39 is 12.1 Å². The fraction of sp³-hybridized carbons (Fsp3) is 0.105. The molecule has 0 aliphatic heterocycles. The van der Waals surface area contributed by atoms with Gasteiger partial charge in [-0.2, -0.15) is 0 Å². The van der Waals surface area contributed by atoms with Gasteiger partial charge >= 0.3 is 5.97 Å². The van der Waals surface area contributed by atoms with Gasteiger partial charge in [-0.3, -0.25) is 0 Å². The lowest BCUT2D eigenvalue weighted by atomic mass is 10.0. The minimum absolute atomic E-state index is 0.0809. The van der Waals surface area contributed by atoms with Crippen LogP contribution in [0.25, 0.3) is 0 Å². The van der Waals surface area contributed by atoms with Crippen molar-refractivity contribution in [3.05, 3.63) is 86.5 Å². The summed E-state index contributed by atoms with van der Waals surface area (Å²) in [5.74, 6) is -0.363. The van der Waals surface area contributed by atoms with Gasteiger partial charge in [0, 0.05) is 26.7 Å². The number of hydrogen-bond acceptors (Lipinski definition) is 5. The third kappa shape index (κ3) is 4.69. The fourth-order valence-corrected chi connectivity index (χ4v) is 3.01. The van der Waals surface area contributed by atoms with Crippen molar-refractivity contribution >= 4 is 40.8 Å². The third-order valence-electron chi connectivity index (χ3n) is 3.69. The minimum atomic E-state index is -0.580. The Morgan fingerprint density at radius 3 is 2.22 bits per heavy atom. The third-order valence-corrected chi connectivity index (χ3v) is 4.51. The van der Waals surface area contributed by atoms with Gasteiger partial charge in [-0.1, -0.05) is 53.0 Å². The summed E-state index contributed by atoms with van der Waals surface area (Å²) < 4.78 is 10.6. The van der Waals surface area contributed by atoms with Gasteiger partial charge in [0.05, 0.1) is 7.11 Å². The van der Waals surface area contributed by atoms with Gasteiger partial charge in [0.2, 0.25) is 5.88 Å². The lowest BCUT2D eigenvalue weighted by molar-refractivity contribution is 0.0592. The summed E-state index contributed by atoms with van der Waals surface area (Å²) in [6, 6.07) is 15.3. The predicted octanol–water partition coefficient (Wildman–Crippen LogP) is 5.39. The lowest BCUT2D eigenvalue weighted by Crippen LogP contribution is -2.12. The van der Waals surface area contributed by atoms with Crippen LogP contribution >= 0.6 is 34.8 Å². The van der Waals surface area contributed by atoms with Crippen LogP contribution in [0.1, 0.15) is 27.7 Å². The average Bonchev–Trinajstić information content (AvgIpc) is 2.67. The van der Waals surface area contributed by atoms with Crippen LogP contribution in [0.15, 0.2) is 54.6 Å². The van der Waals surface area contributed by atoms with E-state index in [0.717, 1.165) is 5.56 Å². The van der Waals surface area contributed by atoms with Crippen LogP contribution in [0, 0.1) is 0 Å². The molecule has 0 amide bonds. The smallest absolute Gasteiger partial charge is 0.358 e. The molecule has 0 saturated heterocycles. The molecular weight excluding hydrogens is 411 g/mol. The molecule has 0 aliphatic rings. The molecule has 0 aliphatic carbocycles. The topological polar surface area (TPSA) is 61.3 Å². The van der Waals surface area contributed by atoms with Crippen LogP contribution in [0.3, 0.4) is 0 Å². The van der Waals surface area contributed by atoms with Gasteiger partial charge < -0.3 is 9.47 Å². The van der Waals surface area contributed by atoms with E-state index in [1.165, 1.54) is 19.2 Å². The number of carbonyl (C=O) groups is 1. The first-order chi connectivity index (χ1) is 13.0. The molecule has 2 aromatic carbocycles. The number of ether oxygens (including phenoxy) is 2. The highest BCUT2D eigenvalue weighted by atomic mass is 35.5. The Morgan fingerprint density at radius 2 is 1.63 bits per heavy atom. The van der Waals surface area contributed by atoms with Crippen molar-refractivity contribution < 1.29 is 14.3 Å². The molecule has 0 fully saturated rings. The Morgan fingerprint density at radius 1 is 0.926 bits per heavy atom. The summed E-state index contributed by atoms with van der Waals surface area (Å²) >= 11 is 18.4. The molecule has 0 radical (unpaired) electrons. The van der Waals surface area contributed by atoms with Crippen molar-refractivity contribution in [1.82, 2.24) is 10.2 Å². The van der Waals surface area contributed by atoms with Crippen LogP contribution in [0.4, 0.5) is 0 Å². The van der Waals surface area contributed by atoms with E-state index in [4.69, 9.17) is 39.5 Å². The number of rotatable bonds is 5. The summed E-state index contributed by atoms with van der Waals surface area (Å²) in [6.45, 7) is 0. The summed E-state index contributed by atoms with van der Waals surface area (Å²) in [6.07, 6.45) is -0.578. The van der Waals surface area contributed by atoms with E-state index in [0.29, 0.717) is 20.6 Å². The Kier molecular flexibility index (Phi) is 6.16. The van der Waals surface area contributed by atoms with E-state index in [-0.39, 0.29) is 11.6 Å². The largest absolute Gasteiger partial charge is 0.464 e. The highest BCUT2D eigenvalue weighted by Crippen LogP contribution is 2.34. The molecule has 3 aromatic rings. The maximum absolute atomic E-state index is 11.5. The molecule has 1 heterocycles. The Labute approximate surface area is 170 Å². The van der Waals surface area contributed by atoms with Gasteiger partial charge in [0.15, 0.2) is 11.8 Å². The van der Waals surface area contributed by atoms with Gasteiger partial charge in [-0.25, -0.2) is 4.79 Å². The number of hydrogen-bond donors (Lipinski definition) is 0. The quantitative estimate of drug-likeness (QED) is 0.515. The second-order valence-corrected chi connectivity index (χ2v) is 6.74. The normalized spacial score (nSPS) is 11.7. The molecule has 138 valence electrons. The van der Waals surface area contributed by atoms with Crippen LogP contribution in [0.5, 0.6) is 5.88 Å². The van der Waals surface area contributed by atoms with Crippen LogP contribution < -0.4 is 4.74 Å². The van der Waals surface area contributed by atoms with Gasteiger partial charge in [-0.15, -0.1) is 10.2 Å². The first-order valence-corrected chi connectivity index (χ1v) is 8.90. The molecule has 0 saturated carbocycles. The zero-order valence-corrected chi connectivity index (χ0v) is 16.3. The maximum Gasteiger partial charge on any atom is 0.358 e. The van der Waals surface area contributed by atoms with Crippen molar-refractivity contribution in [3.8, 4) is 5.88 Å². The van der Waals surface area contributed by atoms with Crippen molar-refractivity contribution in [1.29, 1.82) is 0 Å². The SMILES string of the molecule is COC(=O)c1ccc(OC(c2ccc(Cl)cc2)c2ccc(Cl)cc2Cl)nn1. The van der Waals surface area contributed by atoms with Crippen molar-refractivity contribution in [2.45, 2.75) is 6.10 Å². The highest BCUT2D eigenvalue weighted by molar-refractivity contribution is 6.35. The zero-order valence-electron chi connectivity index (χ0n) is 14.0. The van der Waals surface area contributed by atoms with Gasteiger partial charge in [0.1, 0.15) is 0 Å². The summed E-state index contributed by atoms with van der Waals surface area (Å²) in [5, 5.41) is 9.31. The number of aromatic nitrogens is 2. The first kappa shape index (κ1) is 19.4. The molecule has 1 aromatic heterocycles. The van der Waals surface area contributed by atoms with Crippen molar-refractivity contribution in [2.24, 2.45) is 0 Å². The van der Waals surface area contributed by atoms with E-state index in [1.54, 1.807) is 30.3 Å². The molecule has 27 heavy (non-hydrogen) atoms. The summed E-state index contributed by atoms with van der Waals surface area (Å²) in [5.41, 5.74) is 1.59. The van der Waals surface area contributed by atoms with E-state index >= 15 is 0 Å². The standard InChI is InChI=1S/C19H13Cl3N2O3/c1-26-19(25)16-8-9-17(24-23-16)27-18(11-2-4-12(20)5-3-11)14-7-6-13(21)10-15(14)22/h2-10,18H,1H3.